The van der Waals surface area contributed by atoms with Crippen LogP contribution in [0.25, 0.3) is 5.69 Å². The van der Waals surface area contributed by atoms with Gasteiger partial charge in [0.25, 0.3) is 5.56 Å². The number of hydrogen-bond acceptors (Lipinski definition) is 4. The second-order valence-electron chi connectivity index (χ2n) is 6.78. The van der Waals surface area contributed by atoms with E-state index in [0.29, 0.717) is 30.6 Å². The predicted molar refractivity (Wildman–Crippen MR) is 93.7 cm³/mol. The zero-order valence-electron chi connectivity index (χ0n) is 13.8. The van der Waals surface area contributed by atoms with Gasteiger partial charge in [0.15, 0.2) is 0 Å². The summed E-state index contributed by atoms with van der Waals surface area (Å²) in [6, 6.07) is 8.27. The number of hydrogen-bond donors (Lipinski definition) is 2. The minimum absolute atomic E-state index is 0.284. The molecule has 2 N–H and O–H groups in total. The molecule has 1 aliphatic heterocycles. The first kappa shape index (κ1) is 15.2. The number of nitrogens with one attached hydrogen (secondary N) is 2. The van der Waals surface area contributed by atoms with Crippen LogP contribution >= 0.6 is 0 Å². The fourth-order valence-electron chi connectivity index (χ4n) is 3.81. The van der Waals surface area contributed by atoms with E-state index >= 15 is 0 Å². The molecule has 1 aromatic carbocycles. The van der Waals surface area contributed by atoms with Gasteiger partial charge < -0.3 is 5.32 Å². The highest BCUT2D eigenvalue weighted by Crippen LogP contribution is 2.28. The lowest BCUT2D eigenvalue weighted by atomic mass is 10.1. The molecule has 4 rings (SSSR count). The summed E-state index contributed by atoms with van der Waals surface area (Å²) in [5.41, 5.74) is 1.86. The molecule has 2 aliphatic rings. The predicted octanol–water partition coefficient (Wildman–Crippen LogP) is 1.96. The van der Waals surface area contributed by atoms with Crippen LogP contribution in [0.1, 0.15) is 36.8 Å². The molecule has 2 aromatic rings. The number of aryl methyl sites for hydroxylation is 1. The molecular weight excluding hydrogens is 304 g/mol. The van der Waals surface area contributed by atoms with Crippen molar-refractivity contribution in [2.45, 2.75) is 45.2 Å². The molecule has 1 aliphatic carbocycles. The lowest BCUT2D eigenvalue weighted by molar-refractivity contribution is 0.195. The standard InChI is InChI=1S/C18H22N4O2/c1-12-6-8-14(9-7-12)22-16-15(17(23)20-18(22)24)10-21(11-19-16)13-4-2-3-5-13/h6-9,13,19H,2-5,10-11H2,1H3,(H,20,23,24). The van der Waals surface area contributed by atoms with Crippen molar-refractivity contribution in [3.63, 3.8) is 0 Å². The maximum Gasteiger partial charge on any atom is 0.334 e. The average molecular weight is 326 g/mol. The van der Waals surface area contributed by atoms with Crippen molar-refractivity contribution in [1.82, 2.24) is 14.5 Å². The van der Waals surface area contributed by atoms with Gasteiger partial charge in [-0.15, -0.1) is 0 Å². The van der Waals surface area contributed by atoms with Crippen LogP contribution in [0.15, 0.2) is 33.9 Å². The first-order valence-electron chi connectivity index (χ1n) is 8.56. The molecule has 0 amide bonds. The van der Waals surface area contributed by atoms with Crippen molar-refractivity contribution in [1.29, 1.82) is 0 Å². The Hall–Kier alpha value is -2.34. The van der Waals surface area contributed by atoms with Crippen LogP contribution in [-0.2, 0) is 6.54 Å². The highest BCUT2D eigenvalue weighted by Gasteiger charge is 2.29. The first-order chi connectivity index (χ1) is 11.6. The van der Waals surface area contributed by atoms with Gasteiger partial charge in [0.05, 0.1) is 17.9 Å². The molecule has 2 heterocycles. The third-order valence-electron chi connectivity index (χ3n) is 5.15. The van der Waals surface area contributed by atoms with Gasteiger partial charge in [-0.05, 0) is 31.9 Å². The third kappa shape index (κ3) is 2.57. The van der Waals surface area contributed by atoms with E-state index in [1.54, 1.807) is 4.57 Å². The summed E-state index contributed by atoms with van der Waals surface area (Å²) >= 11 is 0. The van der Waals surface area contributed by atoms with Gasteiger partial charge in [-0.2, -0.15) is 0 Å². The maximum absolute atomic E-state index is 12.4. The van der Waals surface area contributed by atoms with Gasteiger partial charge in [0.1, 0.15) is 5.82 Å². The molecule has 0 radical (unpaired) electrons. The van der Waals surface area contributed by atoms with E-state index in [1.165, 1.54) is 25.7 Å². The molecule has 0 bridgehead atoms. The molecule has 1 aromatic heterocycles. The smallest absolute Gasteiger partial charge is 0.334 e. The van der Waals surface area contributed by atoms with Gasteiger partial charge in [-0.25, -0.2) is 9.36 Å². The maximum atomic E-state index is 12.4. The van der Waals surface area contributed by atoms with Crippen LogP contribution < -0.4 is 16.6 Å². The number of nitrogens with zero attached hydrogens (tertiary/aromatic N) is 2. The molecule has 1 fully saturated rings. The van der Waals surface area contributed by atoms with E-state index in [2.05, 4.69) is 15.2 Å². The zero-order valence-corrected chi connectivity index (χ0v) is 13.8. The molecular formula is C18H22N4O2. The molecule has 126 valence electrons. The van der Waals surface area contributed by atoms with Crippen LogP contribution in [0, 0.1) is 6.92 Å². The van der Waals surface area contributed by atoms with Crippen LogP contribution in [0.4, 0.5) is 5.82 Å². The molecule has 6 heteroatoms. The van der Waals surface area contributed by atoms with Crippen molar-refractivity contribution in [3.05, 3.63) is 56.2 Å². The number of aromatic nitrogens is 2. The van der Waals surface area contributed by atoms with Crippen molar-refractivity contribution >= 4 is 5.82 Å². The van der Waals surface area contributed by atoms with Crippen molar-refractivity contribution < 1.29 is 0 Å². The minimum atomic E-state index is -0.399. The fourth-order valence-corrected chi connectivity index (χ4v) is 3.81. The topological polar surface area (TPSA) is 70.1 Å². The molecule has 24 heavy (non-hydrogen) atoms. The van der Waals surface area contributed by atoms with Crippen molar-refractivity contribution in [2.75, 3.05) is 12.0 Å². The number of benzene rings is 1. The third-order valence-corrected chi connectivity index (χ3v) is 5.15. The van der Waals surface area contributed by atoms with E-state index in [1.807, 2.05) is 31.2 Å². The number of rotatable bonds is 2. The fraction of sp³-hybridized carbons (Fsp3) is 0.444. The Morgan fingerprint density at radius 3 is 2.50 bits per heavy atom. The van der Waals surface area contributed by atoms with Crippen molar-refractivity contribution in [2.24, 2.45) is 0 Å². The lowest BCUT2D eigenvalue weighted by Crippen LogP contribution is -2.46. The second-order valence-corrected chi connectivity index (χ2v) is 6.78. The van der Waals surface area contributed by atoms with Gasteiger partial charge in [0.2, 0.25) is 0 Å². The molecule has 0 atom stereocenters. The lowest BCUT2D eigenvalue weighted by Gasteiger charge is -2.34. The highest BCUT2D eigenvalue weighted by molar-refractivity contribution is 5.52. The summed E-state index contributed by atoms with van der Waals surface area (Å²) in [4.78, 5) is 29.5. The number of anilines is 1. The quantitative estimate of drug-likeness (QED) is 0.885. The van der Waals surface area contributed by atoms with Gasteiger partial charge in [-0.3, -0.25) is 14.7 Å². The van der Waals surface area contributed by atoms with Gasteiger partial charge in [-0.1, -0.05) is 30.5 Å². The van der Waals surface area contributed by atoms with E-state index in [9.17, 15) is 9.59 Å². The molecule has 0 unspecified atom stereocenters. The Bertz CT molecular complexity index is 860. The first-order valence-corrected chi connectivity index (χ1v) is 8.56. The Morgan fingerprint density at radius 2 is 1.79 bits per heavy atom. The van der Waals surface area contributed by atoms with Gasteiger partial charge >= 0.3 is 5.69 Å². The van der Waals surface area contributed by atoms with Gasteiger partial charge in [0, 0.05) is 12.6 Å². The normalized spacial score (nSPS) is 18.4. The summed E-state index contributed by atoms with van der Waals surface area (Å²) in [5.74, 6) is 0.627. The van der Waals surface area contributed by atoms with E-state index in [0.717, 1.165) is 11.3 Å². The SMILES string of the molecule is Cc1ccc(-n2c3c(c(=O)[nH]c2=O)CN(C2CCCC2)CN3)cc1. The largest absolute Gasteiger partial charge is 0.358 e. The molecule has 1 saturated carbocycles. The molecule has 0 saturated heterocycles. The summed E-state index contributed by atoms with van der Waals surface area (Å²) in [5, 5.41) is 3.32. The Balaban J connectivity index is 1.78. The Kier molecular flexibility index (Phi) is 3.76. The monoisotopic (exact) mass is 326 g/mol. The van der Waals surface area contributed by atoms with Crippen LogP contribution in [0.3, 0.4) is 0 Å². The molecule has 0 spiro atoms. The summed E-state index contributed by atoms with van der Waals surface area (Å²) in [6.45, 7) is 3.27. The van der Waals surface area contributed by atoms with E-state index < -0.39 is 5.69 Å². The number of H-pyrrole nitrogens is 1. The Labute approximate surface area is 140 Å². The summed E-state index contributed by atoms with van der Waals surface area (Å²) in [6.07, 6.45) is 4.89. The second kappa shape index (κ2) is 5.94. The van der Waals surface area contributed by atoms with E-state index in [4.69, 9.17) is 0 Å². The van der Waals surface area contributed by atoms with Crippen LogP contribution in [0.2, 0.25) is 0 Å². The molecule has 6 nitrogen and oxygen atoms in total. The zero-order chi connectivity index (χ0) is 16.7. The average Bonchev–Trinajstić information content (AvgIpc) is 3.11. The number of aromatic amines is 1. The van der Waals surface area contributed by atoms with E-state index in [-0.39, 0.29) is 5.56 Å². The summed E-state index contributed by atoms with van der Waals surface area (Å²) in [7, 11) is 0. The Morgan fingerprint density at radius 1 is 1.08 bits per heavy atom. The number of fused-ring (bicyclic) bond motifs is 1. The summed E-state index contributed by atoms with van der Waals surface area (Å²) < 4.78 is 1.57. The highest BCUT2D eigenvalue weighted by atomic mass is 16.2. The van der Waals surface area contributed by atoms with Crippen LogP contribution in [0.5, 0.6) is 0 Å². The van der Waals surface area contributed by atoms with Crippen molar-refractivity contribution in [3.8, 4) is 5.69 Å². The van der Waals surface area contributed by atoms with Crippen LogP contribution in [-0.4, -0.2) is 27.2 Å². The minimum Gasteiger partial charge on any atom is -0.358 e.